The fourth-order valence-corrected chi connectivity index (χ4v) is 4.48. The SMILES string of the molecule is [2H]C([2H])([2H])O[C@@]1(C(F)F)CCc2c(S(=O)(=O)Nc3cc(F)c(OC([2H])(F)F)cc3F)c[nH]c2C1. The number of rotatable bonds is 7. The molecule has 0 radical (unpaired) electrons. The number of benzene rings is 1. The van der Waals surface area contributed by atoms with E-state index in [9.17, 15) is 34.8 Å². The molecule has 0 saturated carbocycles. The first-order valence-corrected chi connectivity index (χ1v) is 9.67. The lowest BCUT2D eigenvalue weighted by Gasteiger charge is -2.35. The molecule has 0 fully saturated rings. The summed E-state index contributed by atoms with van der Waals surface area (Å²) in [5.74, 6) is -4.43. The Bertz CT molecular complexity index is 1190. The number of methoxy groups -OCH3 is 1. The summed E-state index contributed by atoms with van der Waals surface area (Å²) >= 11 is 0. The van der Waals surface area contributed by atoms with Crippen molar-refractivity contribution >= 4 is 15.7 Å². The maximum absolute atomic E-state index is 14.2. The minimum atomic E-state index is -4.64. The van der Waals surface area contributed by atoms with Gasteiger partial charge in [-0.3, -0.25) is 4.72 Å². The summed E-state index contributed by atoms with van der Waals surface area (Å²) in [5.41, 5.74) is -3.42. The lowest BCUT2D eigenvalue weighted by Crippen LogP contribution is -2.44. The number of H-pyrrole nitrogens is 1. The minimum absolute atomic E-state index is 0.00704. The monoisotopic (exact) mass is 462 g/mol. The van der Waals surface area contributed by atoms with Crippen molar-refractivity contribution in [1.82, 2.24) is 4.98 Å². The zero-order valence-corrected chi connectivity index (χ0v) is 15.6. The first-order chi connectivity index (χ1) is 15.4. The Labute approximate surface area is 172 Å². The molecule has 1 heterocycles. The van der Waals surface area contributed by atoms with Crippen molar-refractivity contribution in [3.05, 3.63) is 41.2 Å². The van der Waals surface area contributed by atoms with Crippen molar-refractivity contribution in [1.29, 1.82) is 0 Å². The van der Waals surface area contributed by atoms with Crippen molar-refractivity contribution < 1.29 is 49.7 Å². The Balaban J connectivity index is 1.89. The third-order valence-electron chi connectivity index (χ3n) is 4.66. The summed E-state index contributed by atoms with van der Waals surface area (Å²) in [6.45, 7) is -4.57. The molecule has 3 rings (SSSR count). The molecule has 0 saturated heterocycles. The standard InChI is InChI=1S/C17H16F6N2O4S/c1-28-17(15(20)21)3-2-8-12(6-17)24-7-14(8)30(26,27)25-11-4-10(19)13(5-9(11)18)29-16(22)23/h4-5,7,15-16,24-25H,2-3,6H2,1H3/t17-/m0/s1/i1D3,16D. The van der Waals surface area contributed by atoms with E-state index in [4.69, 9.17) is 5.48 Å². The molecule has 13 heteroatoms. The van der Waals surface area contributed by atoms with Gasteiger partial charge in [0, 0.05) is 37.5 Å². The molecule has 6 nitrogen and oxygen atoms in total. The topological polar surface area (TPSA) is 80.4 Å². The normalized spacial score (nSPS) is 22.0. The van der Waals surface area contributed by atoms with Crippen LogP contribution in [-0.4, -0.2) is 39.1 Å². The van der Waals surface area contributed by atoms with Gasteiger partial charge in [-0.25, -0.2) is 26.0 Å². The van der Waals surface area contributed by atoms with Crippen LogP contribution in [0, 0.1) is 11.6 Å². The van der Waals surface area contributed by atoms with Crippen LogP contribution in [-0.2, 0) is 27.6 Å². The molecule has 1 aliphatic rings. The first-order valence-electron chi connectivity index (χ1n) is 10.2. The highest BCUT2D eigenvalue weighted by atomic mass is 32.2. The second-order valence-electron chi connectivity index (χ2n) is 6.45. The zero-order valence-electron chi connectivity index (χ0n) is 18.7. The van der Waals surface area contributed by atoms with Gasteiger partial charge in [-0.2, -0.15) is 8.78 Å². The number of aromatic amines is 1. The number of hydrogen-bond donors (Lipinski definition) is 2. The van der Waals surface area contributed by atoms with Crippen molar-refractivity contribution in [2.75, 3.05) is 11.8 Å². The minimum Gasteiger partial charge on any atom is -0.432 e. The smallest absolute Gasteiger partial charge is 0.387 e. The molecule has 1 atom stereocenters. The number of anilines is 1. The third kappa shape index (κ3) is 4.08. The molecule has 1 aromatic carbocycles. The van der Waals surface area contributed by atoms with Crippen molar-refractivity contribution in [2.45, 2.75) is 42.8 Å². The number of sulfonamides is 1. The van der Waals surface area contributed by atoms with Gasteiger partial charge in [-0.1, -0.05) is 0 Å². The van der Waals surface area contributed by atoms with Crippen LogP contribution in [0.1, 0.15) is 23.2 Å². The van der Waals surface area contributed by atoms with E-state index >= 15 is 0 Å². The number of halogens is 6. The summed E-state index contributed by atoms with van der Waals surface area (Å²) in [4.78, 5) is 1.96. The van der Waals surface area contributed by atoms with Crippen LogP contribution in [0.3, 0.4) is 0 Å². The molecule has 1 aromatic heterocycles. The van der Waals surface area contributed by atoms with Crippen LogP contribution < -0.4 is 9.46 Å². The predicted molar refractivity (Wildman–Crippen MR) is 92.4 cm³/mol. The Morgan fingerprint density at radius 1 is 1.27 bits per heavy atom. The number of ether oxygens (including phenoxy) is 2. The van der Waals surface area contributed by atoms with E-state index in [-0.39, 0.29) is 29.8 Å². The number of nitrogens with one attached hydrogen (secondary N) is 2. The van der Waals surface area contributed by atoms with E-state index in [1.165, 1.54) is 0 Å². The molecule has 166 valence electrons. The number of hydrogen-bond acceptors (Lipinski definition) is 4. The molecule has 1 aliphatic carbocycles. The Kier molecular flexibility index (Phi) is 4.62. The lowest BCUT2D eigenvalue weighted by molar-refractivity contribution is -0.128. The van der Waals surface area contributed by atoms with Crippen molar-refractivity contribution in [2.24, 2.45) is 0 Å². The van der Waals surface area contributed by atoms with E-state index in [0.717, 1.165) is 6.20 Å². The van der Waals surface area contributed by atoms with Gasteiger partial charge in [0.15, 0.2) is 18.8 Å². The fraction of sp³-hybridized carbons (Fsp3) is 0.412. The van der Waals surface area contributed by atoms with Gasteiger partial charge >= 0.3 is 6.59 Å². The molecule has 0 bridgehead atoms. The maximum Gasteiger partial charge on any atom is 0.387 e. The number of alkyl halides is 4. The molecule has 0 spiro atoms. The highest BCUT2D eigenvalue weighted by Crippen LogP contribution is 2.38. The van der Waals surface area contributed by atoms with Gasteiger partial charge in [0.1, 0.15) is 10.5 Å². The average Bonchev–Trinajstić information content (AvgIpc) is 3.07. The lowest BCUT2D eigenvalue weighted by atomic mass is 9.84. The van der Waals surface area contributed by atoms with E-state index in [2.05, 4.69) is 14.5 Å². The molecule has 0 unspecified atom stereocenters. The quantitative estimate of drug-likeness (QED) is 0.613. The van der Waals surface area contributed by atoms with Gasteiger partial charge in [0.05, 0.1) is 9.80 Å². The molecule has 2 N–H and O–H groups in total. The van der Waals surface area contributed by atoms with Gasteiger partial charge in [-0.05, 0) is 18.4 Å². The highest BCUT2D eigenvalue weighted by Gasteiger charge is 2.45. The van der Waals surface area contributed by atoms with Crippen LogP contribution in [0.15, 0.2) is 23.2 Å². The molecular weight excluding hydrogens is 442 g/mol. The van der Waals surface area contributed by atoms with Crippen LogP contribution in [0.25, 0.3) is 0 Å². The fourth-order valence-electron chi connectivity index (χ4n) is 3.16. The summed E-state index contributed by atoms with van der Waals surface area (Å²) in [6.07, 6.45) is -3.87. The second-order valence-corrected chi connectivity index (χ2v) is 8.10. The maximum atomic E-state index is 14.2. The van der Waals surface area contributed by atoms with Crippen LogP contribution in [0.2, 0.25) is 0 Å². The van der Waals surface area contributed by atoms with E-state index < -0.39 is 76.5 Å². The van der Waals surface area contributed by atoms with Gasteiger partial charge in [-0.15, -0.1) is 0 Å². The largest absolute Gasteiger partial charge is 0.432 e. The Hall–Kier alpha value is -2.41. The van der Waals surface area contributed by atoms with Crippen molar-refractivity contribution in [3.8, 4) is 5.75 Å². The number of fused-ring (bicyclic) bond motifs is 1. The van der Waals surface area contributed by atoms with E-state index in [1.807, 2.05) is 0 Å². The van der Waals surface area contributed by atoms with Gasteiger partial charge in [0.2, 0.25) is 0 Å². The number of aromatic nitrogens is 1. The van der Waals surface area contributed by atoms with E-state index in [1.54, 1.807) is 4.72 Å². The third-order valence-corrected chi connectivity index (χ3v) is 6.09. The first kappa shape index (κ1) is 17.3. The molecule has 0 aliphatic heterocycles. The van der Waals surface area contributed by atoms with Crippen LogP contribution in [0.5, 0.6) is 5.75 Å². The predicted octanol–water partition coefficient (Wildman–Crippen LogP) is 3.83. The molecular formula is C17H16F6N2O4S. The molecule has 0 amide bonds. The molecule has 2 aromatic rings. The summed E-state index contributed by atoms with van der Waals surface area (Å²) in [6, 6.07) is 0.338. The van der Waals surface area contributed by atoms with E-state index in [0.29, 0.717) is 0 Å². The van der Waals surface area contributed by atoms with Crippen LogP contribution in [0.4, 0.5) is 32.0 Å². The summed E-state index contributed by atoms with van der Waals surface area (Å²) in [5, 5.41) is 0. The summed E-state index contributed by atoms with van der Waals surface area (Å²) < 4.78 is 144. The van der Waals surface area contributed by atoms with Gasteiger partial charge in [0.25, 0.3) is 16.4 Å². The van der Waals surface area contributed by atoms with Gasteiger partial charge < -0.3 is 14.5 Å². The second kappa shape index (κ2) is 8.02. The molecule has 30 heavy (non-hydrogen) atoms. The Morgan fingerprint density at radius 3 is 2.63 bits per heavy atom. The van der Waals surface area contributed by atoms with Crippen molar-refractivity contribution in [3.63, 3.8) is 0 Å². The summed E-state index contributed by atoms with van der Waals surface area (Å²) in [7, 11) is -7.79. The zero-order chi connectivity index (χ0) is 25.7. The average molecular weight is 462 g/mol. The van der Waals surface area contributed by atoms with Crippen LogP contribution >= 0.6 is 0 Å². The highest BCUT2D eigenvalue weighted by molar-refractivity contribution is 7.92. The Morgan fingerprint density at radius 2 is 2.00 bits per heavy atom.